The Bertz CT molecular complexity index is 714. The number of carbonyl (C=O) groups excluding carboxylic acids is 2. The molecule has 2 heterocycles. The number of halogens is 1. The molecule has 3 aliphatic rings. The third-order valence-corrected chi connectivity index (χ3v) is 6.40. The van der Waals surface area contributed by atoms with Crippen LogP contribution in [0.2, 0.25) is 5.02 Å². The summed E-state index contributed by atoms with van der Waals surface area (Å²) in [5.74, 6) is 0.298. The average Bonchev–Trinajstić information content (AvgIpc) is 3.46. The lowest BCUT2D eigenvalue weighted by Crippen LogP contribution is -2.56. The second-order valence-corrected chi connectivity index (χ2v) is 8.55. The maximum absolute atomic E-state index is 12.9. The summed E-state index contributed by atoms with van der Waals surface area (Å²) >= 11 is 6.25. The summed E-state index contributed by atoms with van der Waals surface area (Å²) in [4.78, 5) is 29.1. The highest BCUT2D eigenvalue weighted by Crippen LogP contribution is 2.42. The summed E-state index contributed by atoms with van der Waals surface area (Å²) in [6.07, 6.45) is 5.87. The molecule has 3 amide bonds. The molecule has 1 aromatic rings. The van der Waals surface area contributed by atoms with Crippen LogP contribution in [0.3, 0.4) is 0 Å². The Morgan fingerprint density at radius 2 is 2.08 bits per heavy atom. The number of hydrogen-bond donors (Lipinski definition) is 1. The summed E-state index contributed by atoms with van der Waals surface area (Å²) in [5.41, 5.74) is 1.71. The second-order valence-electron chi connectivity index (χ2n) is 8.14. The predicted molar refractivity (Wildman–Crippen MR) is 102 cm³/mol. The van der Waals surface area contributed by atoms with Gasteiger partial charge in [-0.05, 0) is 50.7 Å². The maximum Gasteiger partial charge on any atom is 0.321 e. The molecular formula is C20H26ClN3O2. The van der Waals surface area contributed by atoms with Crippen molar-refractivity contribution in [3.8, 4) is 0 Å². The number of nitrogens with zero attached hydrogens (tertiary/aromatic N) is 2. The molecule has 0 radical (unpaired) electrons. The number of rotatable bonds is 2. The molecule has 0 aromatic heterocycles. The number of anilines is 1. The van der Waals surface area contributed by atoms with Gasteiger partial charge < -0.3 is 15.1 Å². The van der Waals surface area contributed by atoms with E-state index in [0.717, 1.165) is 57.3 Å². The first kappa shape index (κ1) is 17.7. The summed E-state index contributed by atoms with van der Waals surface area (Å²) in [7, 11) is 0. The second kappa shape index (κ2) is 6.76. The van der Waals surface area contributed by atoms with E-state index in [-0.39, 0.29) is 11.4 Å². The first-order chi connectivity index (χ1) is 12.5. The Balaban J connectivity index is 1.46. The quantitative estimate of drug-likeness (QED) is 0.847. The molecule has 0 unspecified atom stereocenters. The number of aryl methyl sites for hydroxylation is 1. The van der Waals surface area contributed by atoms with Crippen LogP contribution in [0.15, 0.2) is 18.2 Å². The van der Waals surface area contributed by atoms with E-state index in [1.807, 2.05) is 24.0 Å². The van der Waals surface area contributed by atoms with Gasteiger partial charge in [0.1, 0.15) is 0 Å². The number of carbonyl (C=O) groups is 2. The molecular weight excluding hydrogens is 350 g/mol. The molecule has 6 heteroatoms. The lowest BCUT2D eigenvalue weighted by Gasteiger charge is -2.48. The molecule has 140 valence electrons. The molecule has 1 aliphatic carbocycles. The standard InChI is InChI=1S/C20H26ClN3O2/c1-14-4-2-5-16(21)18(14)22-19(26)23-11-3-9-20(12-23)10-8-17(25)24(13-20)15-6-7-15/h2,4-5,15H,3,6-13H2,1H3,(H,22,26)/t20-/m0/s1. The number of benzene rings is 1. The van der Waals surface area contributed by atoms with Crippen molar-refractivity contribution in [3.05, 3.63) is 28.8 Å². The van der Waals surface area contributed by atoms with Crippen LogP contribution in [-0.4, -0.2) is 47.4 Å². The molecule has 0 bridgehead atoms. The monoisotopic (exact) mass is 375 g/mol. The van der Waals surface area contributed by atoms with Crippen molar-refractivity contribution in [2.24, 2.45) is 5.41 Å². The highest BCUT2D eigenvalue weighted by Gasteiger charge is 2.46. The predicted octanol–water partition coefficient (Wildman–Crippen LogP) is 4.05. The van der Waals surface area contributed by atoms with E-state index >= 15 is 0 Å². The highest BCUT2D eigenvalue weighted by molar-refractivity contribution is 6.33. The maximum atomic E-state index is 12.9. The molecule has 1 saturated carbocycles. The van der Waals surface area contributed by atoms with Crippen molar-refractivity contribution in [2.45, 2.75) is 51.5 Å². The minimum Gasteiger partial charge on any atom is -0.339 e. The van der Waals surface area contributed by atoms with Crippen LogP contribution in [0.5, 0.6) is 0 Å². The van der Waals surface area contributed by atoms with Gasteiger partial charge in [-0.15, -0.1) is 0 Å². The number of hydrogen-bond acceptors (Lipinski definition) is 2. The van der Waals surface area contributed by atoms with Gasteiger partial charge in [-0.2, -0.15) is 0 Å². The fourth-order valence-corrected chi connectivity index (χ4v) is 4.72. The minimum absolute atomic E-state index is 0.0572. The lowest BCUT2D eigenvalue weighted by molar-refractivity contribution is -0.139. The van der Waals surface area contributed by atoms with E-state index in [1.54, 1.807) is 6.07 Å². The molecule has 4 rings (SSSR count). The van der Waals surface area contributed by atoms with Gasteiger partial charge in [-0.1, -0.05) is 23.7 Å². The van der Waals surface area contributed by atoms with Crippen molar-refractivity contribution in [2.75, 3.05) is 25.0 Å². The van der Waals surface area contributed by atoms with Crippen molar-refractivity contribution in [3.63, 3.8) is 0 Å². The summed E-state index contributed by atoms with van der Waals surface area (Å²) in [6.45, 7) is 4.23. The summed E-state index contributed by atoms with van der Waals surface area (Å²) < 4.78 is 0. The van der Waals surface area contributed by atoms with Gasteiger partial charge in [0.05, 0.1) is 10.7 Å². The fourth-order valence-electron chi connectivity index (χ4n) is 4.45. The van der Waals surface area contributed by atoms with Gasteiger partial charge in [0.25, 0.3) is 0 Å². The van der Waals surface area contributed by atoms with Crippen LogP contribution < -0.4 is 5.32 Å². The molecule has 3 fully saturated rings. The molecule has 1 atom stereocenters. The first-order valence-corrected chi connectivity index (χ1v) is 9.96. The first-order valence-electron chi connectivity index (χ1n) is 9.58. The molecule has 1 spiro atoms. The van der Waals surface area contributed by atoms with Crippen LogP contribution in [0.25, 0.3) is 0 Å². The average molecular weight is 376 g/mol. The van der Waals surface area contributed by atoms with Crippen LogP contribution in [-0.2, 0) is 4.79 Å². The number of nitrogens with one attached hydrogen (secondary N) is 1. The van der Waals surface area contributed by atoms with Crippen LogP contribution in [0, 0.1) is 12.3 Å². The van der Waals surface area contributed by atoms with E-state index in [4.69, 9.17) is 11.6 Å². The number of para-hydroxylation sites is 1. The number of piperidine rings is 2. The Kier molecular flexibility index (Phi) is 4.59. The Hall–Kier alpha value is -1.75. The van der Waals surface area contributed by atoms with Gasteiger partial charge in [-0.3, -0.25) is 4.79 Å². The lowest BCUT2D eigenvalue weighted by atomic mass is 9.73. The van der Waals surface area contributed by atoms with Gasteiger partial charge in [-0.25, -0.2) is 4.79 Å². The fraction of sp³-hybridized carbons (Fsp3) is 0.600. The van der Waals surface area contributed by atoms with E-state index in [1.165, 1.54) is 0 Å². The Labute approximate surface area is 159 Å². The van der Waals surface area contributed by atoms with Gasteiger partial charge in [0, 0.05) is 37.5 Å². The molecule has 2 saturated heterocycles. The molecule has 26 heavy (non-hydrogen) atoms. The molecule has 1 N–H and O–H groups in total. The van der Waals surface area contributed by atoms with Gasteiger partial charge in [0.2, 0.25) is 5.91 Å². The zero-order chi connectivity index (χ0) is 18.3. The van der Waals surface area contributed by atoms with E-state index in [9.17, 15) is 9.59 Å². The normalized spacial score (nSPS) is 26.3. The molecule has 5 nitrogen and oxygen atoms in total. The largest absolute Gasteiger partial charge is 0.339 e. The van der Waals surface area contributed by atoms with E-state index in [2.05, 4.69) is 10.2 Å². The number of amides is 3. The Morgan fingerprint density at radius 1 is 1.27 bits per heavy atom. The van der Waals surface area contributed by atoms with Crippen LogP contribution in [0.1, 0.15) is 44.1 Å². The third kappa shape index (κ3) is 3.41. The topological polar surface area (TPSA) is 52.7 Å². The Morgan fingerprint density at radius 3 is 2.81 bits per heavy atom. The highest BCUT2D eigenvalue weighted by atomic mass is 35.5. The van der Waals surface area contributed by atoms with E-state index < -0.39 is 0 Å². The van der Waals surface area contributed by atoms with Crippen molar-refractivity contribution >= 4 is 29.2 Å². The van der Waals surface area contributed by atoms with Crippen molar-refractivity contribution in [1.29, 1.82) is 0 Å². The third-order valence-electron chi connectivity index (χ3n) is 6.09. The van der Waals surface area contributed by atoms with Crippen LogP contribution >= 0.6 is 11.6 Å². The van der Waals surface area contributed by atoms with Gasteiger partial charge >= 0.3 is 6.03 Å². The van der Waals surface area contributed by atoms with Crippen molar-refractivity contribution < 1.29 is 9.59 Å². The summed E-state index contributed by atoms with van der Waals surface area (Å²) in [6, 6.07) is 5.99. The minimum atomic E-state index is -0.0878. The number of likely N-dealkylation sites (tertiary alicyclic amines) is 2. The molecule has 2 aliphatic heterocycles. The zero-order valence-corrected chi connectivity index (χ0v) is 16.0. The van der Waals surface area contributed by atoms with Gasteiger partial charge in [0.15, 0.2) is 0 Å². The van der Waals surface area contributed by atoms with Crippen LogP contribution in [0.4, 0.5) is 10.5 Å². The molecule has 1 aromatic carbocycles. The smallest absolute Gasteiger partial charge is 0.321 e. The van der Waals surface area contributed by atoms with E-state index in [0.29, 0.717) is 29.1 Å². The number of urea groups is 1. The van der Waals surface area contributed by atoms with Crippen molar-refractivity contribution in [1.82, 2.24) is 9.80 Å². The SMILES string of the molecule is Cc1cccc(Cl)c1NC(=O)N1CCC[C@]2(CCC(=O)N(C3CC3)C2)C1. The summed E-state index contributed by atoms with van der Waals surface area (Å²) in [5, 5.41) is 3.56. The zero-order valence-electron chi connectivity index (χ0n) is 15.3.